The first-order valence-electron chi connectivity index (χ1n) is 38.6. The van der Waals surface area contributed by atoms with Crippen molar-refractivity contribution >= 4 is 35.8 Å². The van der Waals surface area contributed by atoms with E-state index >= 15 is 0 Å². The lowest BCUT2D eigenvalue weighted by Crippen LogP contribution is -2.56. The van der Waals surface area contributed by atoms with Crippen molar-refractivity contribution in [2.24, 2.45) is 5.92 Å². The molecule has 0 spiro atoms. The van der Waals surface area contributed by atoms with E-state index < -0.39 is 0 Å². The fraction of sp³-hybridized carbons (Fsp3) is 0.566. The van der Waals surface area contributed by atoms with Crippen molar-refractivity contribution in [3.8, 4) is 57.5 Å². The number of phenols is 5. The number of nitrogens with zero attached hydrogens (tertiary/aromatic N) is 7. The Bertz CT molecular complexity index is 3780. The third-order valence-electron chi connectivity index (χ3n) is 19.8. The zero-order valence-corrected chi connectivity index (χ0v) is 66.7. The Morgan fingerprint density at radius 2 is 0.818 bits per heavy atom. The second kappa shape index (κ2) is 43.7. The van der Waals surface area contributed by atoms with Gasteiger partial charge in [-0.25, -0.2) is 14.4 Å². The maximum Gasteiger partial charge on any atom is 0.410 e. The van der Waals surface area contributed by atoms with Crippen LogP contribution in [0, 0.1) is 33.6 Å². The number of morpholine rings is 2. The molecule has 6 amide bonds. The molecule has 27 nitrogen and oxygen atoms in total. The van der Waals surface area contributed by atoms with Gasteiger partial charge in [-0.1, -0.05) is 51.1 Å². The highest BCUT2D eigenvalue weighted by Gasteiger charge is 2.36. The number of rotatable bonds is 20. The largest absolute Gasteiger partial charge is 0.508 e. The van der Waals surface area contributed by atoms with Crippen LogP contribution in [0.15, 0.2) is 91.0 Å². The molecule has 6 aliphatic heterocycles. The van der Waals surface area contributed by atoms with Gasteiger partial charge in [0, 0.05) is 93.5 Å². The highest BCUT2D eigenvalue weighted by molar-refractivity contribution is 5.99. The highest BCUT2D eigenvalue weighted by atomic mass is 16.6. The number of ketones is 1. The van der Waals surface area contributed by atoms with E-state index in [4.69, 9.17) is 42.6 Å². The first-order valence-corrected chi connectivity index (χ1v) is 38.6. The van der Waals surface area contributed by atoms with Gasteiger partial charge in [0.1, 0.15) is 96.1 Å². The quantitative estimate of drug-likeness (QED) is 0.0452. The number of piperidine rings is 1. The highest BCUT2D eigenvalue weighted by Crippen LogP contribution is 2.33. The number of amides is 6. The number of carbonyl (C=O) groups is 6. The van der Waals surface area contributed by atoms with Crippen LogP contribution in [0.2, 0.25) is 0 Å². The molecule has 0 radical (unpaired) electrons. The predicted molar refractivity (Wildman–Crippen MR) is 416 cm³/mol. The van der Waals surface area contributed by atoms with Gasteiger partial charge in [-0.05, 0) is 175 Å². The average molecular weight is 1530 g/mol. The number of carbonyl (C=O) groups excluding carboxylic acids is 6. The standard InChI is InChI=1S/C18H24N2O4.C17H26N2O4.C17H25NO3.C16H23NO5.C15H21NO4/c1-13(21)17-15(22)7-4-8-16(17)24-12-14-6-5-11-20(14)18(23)19-9-2-3-10-19;1-12(2)23-17(21)19-9-8-18(4)10-14(19)11-22-16-7-5-6-15(20)13(16)3;1-12(2)17(20)18-10-5-4-7-14(18)11-21-16-9-6-8-15(19)13(16)3;1-11(2)22-16(19)17-7-8-20-9-13(17)10-21-15-6-4-5-14(18)12(15)3;1-3-15(18)16-7-8-19-9-12(16)10-20-14-6-4-5-13(17)11(14)2/h4,7-8,14,22H,2-3,5-6,9-12H2,1H3;5-7,12,14,20H,8-11H2,1-4H3;6,8-9,12,14,19H,4-5,7,10-11H2,1-3H3;4-6,11,13,18H,7-10H2,1-3H3;4-6,12,17H,3,7-10H2,1-2H3. The molecule has 0 saturated carbocycles. The summed E-state index contributed by atoms with van der Waals surface area (Å²) in [5, 5.41) is 48.7. The smallest absolute Gasteiger partial charge is 0.410 e. The Labute approximate surface area is 648 Å². The first kappa shape index (κ1) is 87.6. The molecule has 5 unspecified atom stereocenters. The molecular formula is C83H119N7O20. The van der Waals surface area contributed by atoms with Crippen molar-refractivity contribution in [1.82, 2.24) is 34.3 Å². The Kier molecular flexibility index (Phi) is 34.8. The second-order valence-electron chi connectivity index (χ2n) is 29.2. The molecule has 6 aliphatic rings. The fourth-order valence-corrected chi connectivity index (χ4v) is 13.4. The van der Waals surface area contributed by atoms with Gasteiger partial charge in [-0.2, -0.15) is 0 Å². The number of hydrogen-bond acceptors (Lipinski definition) is 21. The minimum atomic E-state index is -0.348. The van der Waals surface area contributed by atoms with Gasteiger partial charge in [-0.3, -0.25) is 24.2 Å². The van der Waals surface area contributed by atoms with Crippen molar-refractivity contribution < 1.29 is 96.9 Å². The van der Waals surface area contributed by atoms with E-state index in [1.165, 1.54) is 13.0 Å². The van der Waals surface area contributed by atoms with E-state index in [0.717, 1.165) is 89.8 Å². The molecule has 5 N–H and O–H groups in total. The molecular weight excluding hydrogens is 1410 g/mol. The van der Waals surface area contributed by atoms with Crippen LogP contribution < -0.4 is 23.7 Å². The Hall–Kier alpha value is -9.60. The van der Waals surface area contributed by atoms with Crippen LogP contribution in [-0.4, -0.2) is 263 Å². The third-order valence-corrected chi connectivity index (χ3v) is 19.8. The minimum absolute atomic E-state index is 0.0141. The number of benzene rings is 5. The topological polar surface area (TPSA) is 309 Å². The number of likely N-dealkylation sites (N-methyl/N-ethyl adjacent to an activating group) is 1. The Morgan fingerprint density at radius 1 is 0.436 bits per heavy atom. The summed E-state index contributed by atoms with van der Waals surface area (Å²) in [6, 6.07) is 25.5. The molecule has 5 atom stereocenters. The monoisotopic (exact) mass is 1530 g/mol. The number of aromatic hydroxyl groups is 5. The van der Waals surface area contributed by atoms with E-state index in [2.05, 4.69) is 4.90 Å². The minimum Gasteiger partial charge on any atom is -0.508 e. The number of phenolic OH excluding ortho intramolecular Hbond substituents is 5. The Balaban J connectivity index is 0.000000191. The molecule has 27 heteroatoms. The molecule has 6 fully saturated rings. The summed E-state index contributed by atoms with van der Waals surface area (Å²) in [4.78, 5) is 86.0. The number of Topliss-reactive ketones (excluding diaryl/α,β-unsaturated/α-hetero) is 1. The molecule has 0 bridgehead atoms. The number of piperazine rings is 1. The van der Waals surface area contributed by atoms with Gasteiger partial charge >= 0.3 is 18.2 Å². The summed E-state index contributed by atoms with van der Waals surface area (Å²) in [5.74, 6) is 3.83. The van der Waals surface area contributed by atoms with E-state index in [0.29, 0.717) is 124 Å². The molecule has 5 aromatic rings. The van der Waals surface area contributed by atoms with E-state index in [-0.39, 0.29) is 125 Å². The van der Waals surface area contributed by atoms with Gasteiger partial charge < -0.3 is 92.7 Å². The molecule has 6 saturated heterocycles. The molecule has 606 valence electrons. The normalized spacial score (nSPS) is 19.1. The summed E-state index contributed by atoms with van der Waals surface area (Å²) < 4.78 is 50.5. The lowest BCUT2D eigenvalue weighted by Gasteiger charge is -2.39. The van der Waals surface area contributed by atoms with Crippen molar-refractivity contribution in [2.45, 2.75) is 177 Å². The van der Waals surface area contributed by atoms with Crippen molar-refractivity contribution in [2.75, 3.05) is 125 Å². The summed E-state index contributed by atoms with van der Waals surface area (Å²) in [7, 11) is 2.03. The van der Waals surface area contributed by atoms with E-state index in [1.54, 1.807) is 90.4 Å². The Morgan fingerprint density at radius 3 is 1.27 bits per heavy atom. The molecule has 0 aliphatic carbocycles. The number of urea groups is 1. The SMILES string of the molecule is CC(=O)c1c(O)cccc1OCC1CCCN1C(=O)N1CCCC1.CCC(=O)N1CCOCC1COc1cccc(O)c1C.Cc1c(O)cccc1OCC1CCCCN1C(=O)C(C)C.Cc1c(O)cccc1OCC1CN(C)CCN1C(=O)OC(C)C.Cc1c(O)cccc1OCC1COCCN1C(=O)OC(C)C. The number of likely N-dealkylation sites (tertiary alicyclic amines) is 3. The molecule has 0 aromatic heterocycles. The summed E-state index contributed by atoms with van der Waals surface area (Å²) in [6.45, 7) is 32.0. The van der Waals surface area contributed by atoms with Crippen molar-refractivity contribution in [3.63, 3.8) is 0 Å². The van der Waals surface area contributed by atoms with Gasteiger partial charge in [-0.15, -0.1) is 0 Å². The average Bonchev–Trinajstić information content (AvgIpc) is 1.82. The summed E-state index contributed by atoms with van der Waals surface area (Å²) >= 11 is 0. The zero-order valence-electron chi connectivity index (χ0n) is 66.7. The second-order valence-corrected chi connectivity index (χ2v) is 29.2. The maximum absolute atomic E-state index is 12.6. The van der Waals surface area contributed by atoms with Crippen LogP contribution >= 0.6 is 0 Å². The molecule has 11 rings (SSSR count). The van der Waals surface area contributed by atoms with Gasteiger partial charge in [0.05, 0.1) is 68.8 Å². The van der Waals surface area contributed by atoms with Crippen LogP contribution in [0.25, 0.3) is 0 Å². The summed E-state index contributed by atoms with van der Waals surface area (Å²) in [5.41, 5.74) is 3.03. The van der Waals surface area contributed by atoms with Gasteiger partial charge in [0.2, 0.25) is 11.8 Å². The van der Waals surface area contributed by atoms with Crippen molar-refractivity contribution in [3.05, 3.63) is 119 Å². The third kappa shape index (κ3) is 25.8. The summed E-state index contributed by atoms with van der Waals surface area (Å²) in [6.07, 6.45) is 6.74. The van der Waals surface area contributed by atoms with Crippen LogP contribution in [-0.2, 0) is 28.5 Å². The maximum atomic E-state index is 12.6. The van der Waals surface area contributed by atoms with Gasteiger partial charge in [0.15, 0.2) is 5.78 Å². The molecule has 110 heavy (non-hydrogen) atoms. The van der Waals surface area contributed by atoms with Crippen molar-refractivity contribution in [1.29, 1.82) is 0 Å². The van der Waals surface area contributed by atoms with E-state index in [9.17, 15) is 54.3 Å². The number of hydrogen-bond donors (Lipinski definition) is 5. The lowest BCUT2D eigenvalue weighted by atomic mass is 10.0. The predicted octanol–water partition coefficient (Wildman–Crippen LogP) is 12.1. The number of ether oxygens (including phenoxy) is 9. The van der Waals surface area contributed by atoms with Gasteiger partial charge in [0.25, 0.3) is 0 Å². The lowest BCUT2D eigenvalue weighted by molar-refractivity contribution is -0.141. The fourth-order valence-electron chi connectivity index (χ4n) is 13.4. The zero-order chi connectivity index (χ0) is 80.1. The van der Waals surface area contributed by atoms with Crippen LogP contribution in [0.3, 0.4) is 0 Å². The van der Waals surface area contributed by atoms with Crippen LogP contribution in [0.1, 0.15) is 139 Å². The van der Waals surface area contributed by atoms with Crippen LogP contribution in [0.5, 0.6) is 57.5 Å². The molecule has 6 heterocycles. The van der Waals surface area contributed by atoms with Crippen LogP contribution in [0.4, 0.5) is 14.4 Å². The van der Waals surface area contributed by atoms with E-state index in [1.807, 2.05) is 107 Å². The first-order chi connectivity index (χ1) is 52.6. The molecule has 5 aromatic carbocycles.